The molecule has 5 heteroatoms. The Hall–Kier alpha value is -1.59. The number of hydrogen-bond acceptors (Lipinski definition) is 3. The minimum Gasteiger partial charge on any atom is -0.324 e. The first-order chi connectivity index (χ1) is 8.74. The summed E-state index contributed by atoms with van der Waals surface area (Å²) in [6, 6.07) is 5.40. The lowest BCUT2D eigenvalue weighted by Gasteiger charge is -2.36. The van der Waals surface area contributed by atoms with Gasteiger partial charge in [-0.3, -0.25) is 9.69 Å². The number of hydrogen-bond donors (Lipinski definition) is 2. The molecule has 2 aliphatic heterocycles. The summed E-state index contributed by atoms with van der Waals surface area (Å²) >= 11 is 0. The molecular formula is C13H17N4O. The van der Waals surface area contributed by atoms with Crippen LogP contribution in [-0.2, 0) is 11.2 Å². The molecule has 0 aliphatic carbocycles. The Kier molecular flexibility index (Phi) is 2.93. The van der Waals surface area contributed by atoms with E-state index < -0.39 is 0 Å². The van der Waals surface area contributed by atoms with E-state index in [0.717, 1.165) is 43.9 Å². The maximum Gasteiger partial charge on any atom is 0.242 e. The predicted molar refractivity (Wildman–Crippen MR) is 69.8 cm³/mol. The number of piperazine rings is 1. The lowest BCUT2D eigenvalue weighted by molar-refractivity contribution is -0.121. The Morgan fingerprint density at radius 2 is 2.06 bits per heavy atom. The molecule has 95 valence electrons. The van der Waals surface area contributed by atoms with E-state index in [9.17, 15) is 4.79 Å². The Morgan fingerprint density at radius 3 is 2.83 bits per heavy atom. The summed E-state index contributed by atoms with van der Waals surface area (Å²) < 4.78 is 0. The summed E-state index contributed by atoms with van der Waals surface area (Å²) in [7, 11) is 0. The molecule has 1 aromatic carbocycles. The zero-order valence-corrected chi connectivity index (χ0v) is 10.2. The highest BCUT2D eigenvalue weighted by Crippen LogP contribution is 2.27. The van der Waals surface area contributed by atoms with Crippen LogP contribution in [0.2, 0.25) is 0 Å². The van der Waals surface area contributed by atoms with Crippen LogP contribution >= 0.6 is 0 Å². The maximum absolute atomic E-state index is 12.1. The van der Waals surface area contributed by atoms with E-state index in [1.165, 1.54) is 0 Å². The van der Waals surface area contributed by atoms with E-state index in [1.807, 2.05) is 6.07 Å². The van der Waals surface area contributed by atoms with Crippen LogP contribution in [0.15, 0.2) is 18.2 Å². The van der Waals surface area contributed by atoms with E-state index in [0.29, 0.717) is 5.69 Å². The van der Waals surface area contributed by atoms with Crippen LogP contribution in [0, 0.1) is 0 Å². The number of amides is 1. The van der Waals surface area contributed by atoms with Gasteiger partial charge >= 0.3 is 0 Å². The fourth-order valence-electron chi connectivity index (χ4n) is 2.68. The van der Waals surface area contributed by atoms with Gasteiger partial charge in [-0.05, 0) is 24.1 Å². The SMILES string of the molecule is [NH]c1ccc2c(c1)NC(=O)C(N1CCNCC1)C2. The third-order valence-electron chi connectivity index (χ3n) is 3.68. The maximum atomic E-state index is 12.1. The Morgan fingerprint density at radius 1 is 1.28 bits per heavy atom. The number of anilines is 1. The number of carbonyl (C=O) groups excluding carboxylic acids is 1. The minimum absolute atomic E-state index is 0.0591. The second-order valence-electron chi connectivity index (χ2n) is 4.87. The molecule has 18 heavy (non-hydrogen) atoms. The van der Waals surface area contributed by atoms with Crippen molar-refractivity contribution in [1.29, 1.82) is 0 Å². The molecule has 0 aromatic heterocycles. The van der Waals surface area contributed by atoms with Gasteiger partial charge in [0.05, 0.1) is 11.7 Å². The molecule has 1 radical (unpaired) electrons. The number of fused-ring (bicyclic) bond motifs is 1. The number of carbonyl (C=O) groups is 1. The number of nitrogens with zero attached hydrogens (tertiary/aromatic N) is 1. The molecule has 2 heterocycles. The van der Waals surface area contributed by atoms with Crippen molar-refractivity contribution in [3.8, 4) is 0 Å². The second-order valence-corrected chi connectivity index (χ2v) is 4.87. The highest BCUT2D eigenvalue weighted by atomic mass is 16.2. The van der Waals surface area contributed by atoms with E-state index >= 15 is 0 Å². The Bertz CT molecular complexity index is 468. The van der Waals surface area contributed by atoms with Gasteiger partial charge in [0.15, 0.2) is 0 Å². The lowest BCUT2D eigenvalue weighted by atomic mass is 9.97. The third kappa shape index (κ3) is 2.07. The van der Waals surface area contributed by atoms with Gasteiger partial charge in [0, 0.05) is 31.9 Å². The number of rotatable bonds is 1. The highest BCUT2D eigenvalue weighted by Gasteiger charge is 2.31. The third-order valence-corrected chi connectivity index (χ3v) is 3.68. The lowest BCUT2D eigenvalue weighted by Crippen LogP contribution is -2.54. The standard InChI is InChI=1S/C13H17N4O/c14-10-2-1-9-7-12(13(18)16-11(9)8-10)17-5-3-15-4-6-17/h1-2,8,12,14-15H,3-7H2,(H,16,18). The van der Waals surface area contributed by atoms with Gasteiger partial charge in [-0.15, -0.1) is 0 Å². The fraction of sp³-hybridized carbons (Fsp3) is 0.462. The van der Waals surface area contributed by atoms with Crippen LogP contribution in [0.25, 0.3) is 0 Å². The molecule has 1 atom stereocenters. The van der Waals surface area contributed by atoms with Crippen LogP contribution < -0.4 is 16.4 Å². The number of nitrogens with one attached hydrogen (secondary N) is 3. The summed E-state index contributed by atoms with van der Waals surface area (Å²) in [4.78, 5) is 14.4. The molecule has 2 aliphatic rings. The summed E-state index contributed by atoms with van der Waals surface area (Å²) in [5.74, 6) is 0.0648. The van der Waals surface area contributed by atoms with Gasteiger partial charge in [0.1, 0.15) is 0 Å². The van der Waals surface area contributed by atoms with Crippen molar-refractivity contribution in [2.45, 2.75) is 12.5 Å². The van der Waals surface area contributed by atoms with Crippen molar-refractivity contribution in [2.75, 3.05) is 31.5 Å². The predicted octanol–water partition coefficient (Wildman–Crippen LogP) is 0.369. The first kappa shape index (κ1) is 11.5. The average Bonchev–Trinajstić information content (AvgIpc) is 2.39. The molecule has 1 aromatic rings. The molecule has 3 rings (SSSR count). The average molecular weight is 245 g/mol. The summed E-state index contributed by atoms with van der Waals surface area (Å²) in [5, 5.41) is 6.22. The summed E-state index contributed by atoms with van der Waals surface area (Å²) in [6.07, 6.45) is 0.751. The van der Waals surface area contributed by atoms with Crippen molar-refractivity contribution < 1.29 is 4.79 Å². The minimum atomic E-state index is -0.0591. The van der Waals surface area contributed by atoms with Crippen LogP contribution in [0.4, 0.5) is 11.4 Å². The van der Waals surface area contributed by atoms with Crippen molar-refractivity contribution in [1.82, 2.24) is 16.0 Å². The zero-order valence-electron chi connectivity index (χ0n) is 10.2. The molecule has 1 amide bonds. The van der Waals surface area contributed by atoms with Crippen LogP contribution in [0.3, 0.4) is 0 Å². The molecule has 0 bridgehead atoms. The molecule has 0 spiro atoms. The van der Waals surface area contributed by atoms with Gasteiger partial charge in [-0.2, -0.15) is 0 Å². The molecular weight excluding hydrogens is 228 g/mol. The zero-order chi connectivity index (χ0) is 12.5. The second kappa shape index (κ2) is 4.59. The molecule has 1 unspecified atom stereocenters. The van der Waals surface area contributed by atoms with Gasteiger partial charge in [0.2, 0.25) is 5.91 Å². The molecule has 1 saturated heterocycles. The largest absolute Gasteiger partial charge is 0.324 e. The van der Waals surface area contributed by atoms with Crippen molar-refractivity contribution in [3.05, 3.63) is 23.8 Å². The Labute approximate surface area is 106 Å². The Balaban J connectivity index is 1.82. The van der Waals surface area contributed by atoms with Gasteiger partial charge in [-0.1, -0.05) is 6.07 Å². The first-order valence-corrected chi connectivity index (χ1v) is 6.34. The van der Waals surface area contributed by atoms with Crippen LogP contribution in [0.5, 0.6) is 0 Å². The van der Waals surface area contributed by atoms with Gasteiger partial charge < -0.3 is 16.4 Å². The number of benzene rings is 1. The van der Waals surface area contributed by atoms with Gasteiger partial charge in [0.25, 0.3) is 0 Å². The van der Waals surface area contributed by atoms with Crippen molar-refractivity contribution in [3.63, 3.8) is 0 Å². The normalized spacial score (nSPS) is 24.4. The van der Waals surface area contributed by atoms with E-state index in [4.69, 9.17) is 5.73 Å². The topological polar surface area (TPSA) is 68.2 Å². The fourth-order valence-corrected chi connectivity index (χ4v) is 2.68. The van der Waals surface area contributed by atoms with Crippen molar-refractivity contribution in [2.24, 2.45) is 0 Å². The monoisotopic (exact) mass is 245 g/mol. The molecule has 0 saturated carbocycles. The smallest absolute Gasteiger partial charge is 0.242 e. The summed E-state index contributed by atoms with van der Waals surface area (Å²) in [5.41, 5.74) is 9.95. The summed E-state index contributed by atoms with van der Waals surface area (Å²) in [6.45, 7) is 3.73. The molecule has 1 fully saturated rings. The first-order valence-electron chi connectivity index (χ1n) is 6.34. The van der Waals surface area contributed by atoms with Gasteiger partial charge in [-0.25, -0.2) is 0 Å². The highest BCUT2D eigenvalue weighted by molar-refractivity contribution is 5.98. The van der Waals surface area contributed by atoms with Crippen LogP contribution in [0.1, 0.15) is 5.56 Å². The molecule has 3 N–H and O–H groups in total. The quantitative estimate of drug-likeness (QED) is 0.751. The van der Waals surface area contributed by atoms with E-state index in [1.54, 1.807) is 12.1 Å². The molecule has 5 nitrogen and oxygen atoms in total. The van der Waals surface area contributed by atoms with E-state index in [-0.39, 0.29) is 11.9 Å². The van der Waals surface area contributed by atoms with Crippen molar-refractivity contribution >= 4 is 17.3 Å². The van der Waals surface area contributed by atoms with E-state index in [2.05, 4.69) is 15.5 Å². The van der Waals surface area contributed by atoms with Crippen LogP contribution in [-0.4, -0.2) is 43.0 Å².